The zero-order valence-electron chi connectivity index (χ0n) is 15.2. The number of thiophene rings is 1. The van der Waals surface area contributed by atoms with Crippen molar-refractivity contribution in [3.63, 3.8) is 0 Å². The molecule has 1 unspecified atom stereocenters. The van der Waals surface area contributed by atoms with Gasteiger partial charge >= 0.3 is 5.97 Å². The summed E-state index contributed by atoms with van der Waals surface area (Å²) in [6.07, 6.45) is 7.27. The number of aryl methyl sites for hydroxylation is 1. The number of aromatic nitrogens is 1. The predicted octanol–water partition coefficient (Wildman–Crippen LogP) is 5.20. The summed E-state index contributed by atoms with van der Waals surface area (Å²) in [5.41, 5.74) is 2.92. The number of pyridine rings is 1. The van der Waals surface area contributed by atoms with E-state index in [0.717, 1.165) is 30.3 Å². The highest BCUT2D eigenvalue weighted by molar-refractivity contribution is 7.15. The molecule has 1 atom stereocenters. The fourth-order valence-electron chi connectivity index (χ4n) is 4.23. The minimum atomic E-state index is -1.15. The molecule has 1 N–H and O–H groups in total. The standard InChI is InChI=1S/C22H21NO3S/c1-12-3-2-4-19-16(12)10-20(27-19)13-5-8-15-18(9-13)23(14-6-7-14)11-17(21(15)24)22(25)26/h5,8-12,14H,2-4,6-7H2,1H3,(H,25,26). The van der Waals surface area contributed by atoms with Crippen LogP contribution in [-0.2, 0) is 6.42 Å². The van der Waals surface area contributed by atoms with Crippen LogP contribution < -0.4 is 5.43 Å². The molecule has 0 amide bonds. The molecule has 5 rings (SSSR count). The molecule has 2 aromatic heterocycles. The van der Waals surface area contributed by atoms with E-state index >= 15 is 0 Å². The van der Waals surface area contributed by atoms with E-state index in [-0.39, 0.29) is 11.0 Å². The van der Waals surface area contributed by atoms with E-state index in [1.165, 1.54) is 34.4 Å². The largest absolute Gasteiger partial charge is 0.477 e. The second-order valence-corrected chi connectivity index (χ2v) is 8.97. The first-order chi connectivity index (χ1) is 13.0. The molecule has 5 heteroatoms. The van der Waals surface area contributed by atoms with Gasteiger partial charge in [-0.15, -0.1) is 11.3 Å². The number of carbonyl (C=O) groups is 1. The SMILES string of the molecule is CC1CCCc2sc(-c3ccc4c(=O)c(C(=O)O)cn(C5CC5)c4c3)cc21. The van der Waals surface area contributed by atoms with E-state index in [2.05, 4.69) is 19.1 Å². The number of hydrogen-bond acceptors (Lipinski definition) is 3. The highest BCUT2D eigenvalue weighted by Crippen LogP contribution is 2.42. The maximum Gasteiger partial charge on any atom is 0.341 e. The third kappa shape index (κ3) is 2.72. The Morgan fingerprint density at radius 3 is 2.74 bits per heavy atom. The van der Waals surface area contributed by atoms with Crippen LogP contribution in [0.1, 0.15) is 65.4 Å². The van der Waals surface area contributed by atoms with Gasteiger partial charge < -0.3 is 9.67 Å². The summed E-state index contributed by atoms with van der Waals surface area (Å²) in [5.74, 6) is -0.540. The Bertz CT molecular complexity index is 1140. The topological polar surface area (TPSA) is 59.3 Å². The zero-order chi connectivity index (χ0) is 18.7. The molecule has 0 spiro atoms. The van der Waals surface area contributed by atoms with Gasteiger partial charge in [-0.1, -0.05) is 13.0 Å². The third-order valence-electron chi connectivity index (χ3n) is 5.90. The van der Waals surface area contributed by atoms with Crippen molar-refractivity contribution in [2.75, 3.05) is 0 Å². The highest BCUT2D eigenvalue weighted by Gasteiger charge is 2.27. The molecule has 0 aliphatic heterocycles. The van der Waals surface area contributed by atoms with Crippen molar-refractivity contribution in [2.24, 2.45) is 0 Å². The van der Waals surface area contributed by atoms with E-state index in [1.54, 1.807) is 6.07 Å². The summed E-state index contributed by atoms with van der Waals surface area (Å²) in [7, 11) is 0. The number of nitrogens with zero attached hydrogens (tertiary/aromatic N) is 1. The van der Waals surface area contributed by atoms with E-state index < -0.39 is 5.97 Å². The molecular weight excluding hydrogens is 358 g/mol. The molecule has 1 fully saturated rings. The van der Waals surface area contributed by atoms with Crippen LogP contribution in [0.25, 0.3) is 21.3 Å². The van der Waals surface area contributed by atoms with E-state index in [0.29, 0.717) is 17.3 Å². The van der Waals surface area contributed by atoms with Crippen molar-refractivity contribution in [3.8, 4) is 10.4 Å². The lowest BCUT2D eigenvalue weighted by molar-refractivity contribution is 0.0695. The lowest BCUT2D eigenvalue weighted by Crippen LogP contribution is -2.18. The van der Waals surface area contributed by atoms with Crippen LogP contribution in [0.2, 0.25) is 0 Å². The van der Waals surface area contributed by atoms with Crippen molar-refractivity contribution < 1.29 is 9.90 Å². The quantitative estimate of drug-likeness (QED) is 0.680. The van der Waals surface area contributed by atoms with Crippen LogP contribution >= 0.6 is 11.3 Å². The Morgan fingerprint density at radius 1 is 1.22 bits per heavy atom. The second kappa shape index (κ2) is 6.06. The smallest absolute Gasteiger partial charge is 0.341 e. The number of aromatic carboxylic acids is 1. The average molecular weight is 379 g/mol. The number of hydrogen-bond donors (Lipinski definition) is 1. The van der Waals surface area contributed by atoms with Gasteiger partial charge in [0.25, 0.3) is 0 Å². The first-order valence-corrected chi connectivity index (χ1v) is 10.4. The molecule has 138 valence electrons. The number of carboxylic acids is 1. The Labute approximate surface area is 161 Å². The van der Waals surface area contributed by atoms with Crippen molar-refractivity contribution >= 4 is 28.2 Å². The predicted molar refractivity (Wildman–Crippen MR) is 108 cm³/mol. The van der Waals surface area contributed by atoms with Gasteiger partial charge in [-0.25, -0.2) is 4.79 Å². The van der Waals surface area contributed by atoms with Gasteiger partial charge in [0.2, 0.25) is 5.43 Å². The van der Waals surface area contributed by atoms with Gasteiger partial charge in [0.05, 0.1) is 5.52 Å². The van der Waals surface area contributed by atoms with E-state index in [1.807, 2.05) is 22.0 Å². The Kier molecular flexibility index (Phi) is 3.76. The fraction of sp³-hybridized carbons (Fsp3) is 0.364. The van der Waals surface area contributed by atoms with Gasteiger partial charge in [0, 0.05) is 27.4 Å². The monoisotopic (exact) mass is 379 g/mol. The Hall–Kier alpha value is -2.40. The van der Waals surface area contributed by atoms with Crippen molar-refractivity contribution in [2.45, 2.75) is 51.0 Å². The molecule has 2 aliphatic rings. The zero-order valence-corrected chi connectivity index (χ0v) is 16.0. The number of rotatable bonds is 3. The van der Waals surface area contributed by atoms with E-state index in [4.69, 9.17) is 0 Å². The molecule has 0 radical (unpaired) electrons. The molecule has 2 heterocycles. The molecule has 0 bridgehead atoms. The number of benzene rings is 1. The third-order valence-corrected chi connectivity index (χ3v) is 7.16. The summed E-state index contributed by atoms with van der Waals surface area (Å²) in [5, 5.41) is 9.89. The van der Waals surface area contributed by atoms with Crippen molar-refractivity contribution in [3.05, 3.63) is 56.7 Å². The minimum absolute atomic E-state index is 0.137. The maximum absolute atomic E-state index is 12.6. The van der Waals surface area contributed by atoms with Crippen LogP contribution in [0.15, 0.2) is 35.3 Å². The molecule has 4 nitrogen and oxygen atoms in total. The maximum atomic E-state index is 12.6. The Balaban J connectivity index is 1.70. The van der Waals surface area contributed by atoms with Gasteiger partial charge in [-0.3, -0.25) is 4.79 Å². The number of fused-ring (bicyclic) bond motifs is 2. The molecule has 3 aromatic rings. The van der Waals surface area contributed by atoms with Gasteiger partial charge in [0.1, 0.15) is 5.56 Å². The Morgan fingerprint density at radius 2 is 2.04 bits per heavy atom. The highest BCUT2D eigenvalue weighted by atomic mass is 32.1. The molecular formula is C22H21NO3S. The van der Waals surface area contributed by atoms with Crippen LogP contribution in [0.4, 0.5) is 0 Å². The molecule has 1 aromatic carbocycles. The lowest BCUT2D eigenvalue weighted by Gasteiger charge is -2.17. The van der Waals surface area contributed by atoms with Crippen molar-refractivity contribution in [1.29, 1.82) is 0 Å². The summed E-state index contributed by atoms with van der Waals surface area (Å²) in [4.78, 5) is 26.8. The normalized spacial score (nSPS) is 19.2. The molecule has 2 aliphatic carbocycles. The van der Waals surface area contributed by atoms with Gasteiger partial charge in [-0.2, -0.15) is 0 Å². The van der Waals surface area contributed by atoms with E-state index in [9.17, 15) is 14.7 Å². The van der Waals surface area contributed by atoms with Gasteiger partial charge in [0.15, 0.2) is 0 Å². The van der Waals surface area contributed by atoms with Gasteiger partial charge in [-0.05, 0) is 67.3 Å². The summed E-state index contributed by atoms with van der Waals surface area (Å²) >= 11 is 1.86. The summed E-state index contributed by atoms with van der Waals surface area (Å²) < 4.78 is 2.00. The summed E-state index contributed by atoms with van der Waals surface area (Å²) in [6.45, 7) is 2.30. The van der Waals surface area contributed by atoms with Crippen LogP contribution in [0.5, 0.6) is 0 Å². The van der Waals surface area contributed by atoms with Crippen molar-refractivity contribution in [1.82, 2.24) is 4.57 Å². The average Bonchev–Trinajstić information content (AvgIpc) is 3.39. The minimum Gasteiger partial charge on any atom is -0.477 e. The molecule has 1 saturated carbocycles. The molecule has 27 heavy (non-hydrogen) atoms. The first kappa shape index (κ1) is 16.8. The summed E-state index contributed by atoms with van der Waals surface area (Å²) in [6, 6.07) is 8.46. The molecule has 0 saturated heterocycles. The number of carboxylic acid groups (broad SMARTS) is 1. The first-order valence-electron chi connectivity index (χ1n) is 9.58. The van der Waals surface area contributed by atoms with Crippen LogP contribution in [0.3, 0.4) is 0 Å². The van der Waals surface area contributed by atoms with Crippen LogP contribution in [-0.4, -0.2) is 15.6 Å². The fourth-order valence-corrected chi connectivity index (χ4v) is 5.55. The van der Waals surface area contributed by atoms with Crippen LogP contribution in [0, 0.1) is 0 Å². The second-order valence-electron chi connectivity index (χ2n) is 7.83. The lowest BCUT2D eigenvalue weighted by atomic mass is 9.89.